The number of hydrogen-bond donors (Lipinski definition) is 1. The molecule has 1 N–H and O–H groups in total. The molecule has 1 atom stereocenters. The minimum Gasteiger partial charge on any atom is -0.493 e. The topological polar surface area (TPSA) is 76.1 Å². The third-order valence-corrected chi connectivity index (χ3v) is 4.96. The van der Waals surface area contributed by atoms with Crippen molar-refractivity contribution in [1.29, 1.82) is 0 Å². The van der Waals surface area contributed by atoms with Crippen molar-refractivity contribution in [2.45, 2.75) is 12.0 Å². The Morgan fingerprint density at radius 2 is 1.93 bits per heavy atom. The number of benzene rings is 2. The van der Waals surface area contributed by atoms with Gasteiger partial charge in [0.05, 0.1) is 26.3 Å². The summed E-state index contributed by atoms with van der Waals surface area (Å²) in [5.74, 6) is -0.138. The Hall–Kier alpha value is -2.83. The Kier molecular flexibility index (Phi) is 5.45. The predicted molar refractivity (Wildman–Crippen MR) is 106 cm³/mol. The number of anilines is 1. The lowest BCUT2D eigenvalue weighted by Gasteiger charge is -2.22. The van der Waals surface area contributed by atoms with Gasteiger partial charge in [-0.05, 0) is 36.4 Å². The van der Waals surface area contributed by atoms with Gasteiger partial charge in [0.2, 0.25) is 0 Å². The van der Waals surface area contributed by atoms with Crippen LogP contribution in [-0.2, 0) is 10.4 Å². The minimum atomic E-state index is -2.01. The normalized spacial score (nSPS) is 18.0. The molecule has 0 saturated heterocycles. The number of nitrogens with zero attached hydrogens (tertiary/aromatic N) is 1. The maximum absolute atomic E-state index is 13.0. The summed E-state index contributed by atoms with van der Waals surface area (Å²) in [7, 11) is 2.96. The van der Waals surface area contributed by atoms with E-state index in [1.54, 1.807) is 30.3 Å². The fourth-order valence-electron chi connectivity index (χ4n) is 3.35. The molecule has 0 radical (unpaired) electrons. The van der Waals surface area contributed by atoms with E-state index < -0.39 is 23.7 Å². The van der Waals surface area contributed by atoms with Crippen LogP contribution in [0.25, 0.3) is 0 Å². The van der Waals surface area contributed by atoms with E-state index in [0.717, 1.165) is 0 Å². The number of ketones is 1. The second-order valence-corrected chi connectivity index (χ2v) is 6.83. The SMILES string of the molecule is C=CCN1C(=O)C(O)(CC(=O)c2ccc(OC)c(OC)c2)c2cc(Cl)ccc21. The summed E-state index contributed by atoms with van der Waals surface area (Å²) in [6.45, 7) is 3.86. The van der Waals surface area contributed by atoms with E-state index in [9.17, 15) is 14.7 Å². The zero-order chi connectivity index (χ0) is 20.5. The van der Waals surface area contributed by atoms with Crippen molar-refractivity contribution in [2.75, 3.05) is 25.7 Å². The fourth-order valence-corrected chi connectivity index (χ4v) is 3.52. The molecule has 0 spiro atoms. The zero-order valence-corrected chi connectivity index (χ0v) is 16.3. The van der Waals surface area contributed by atoms with Gasteiger partial charge in [0.15, 0.2) is 22.9 Å². The van der Waals surface area contributed by atoms with Crippen molar-refractivity contribution in [3.63, 3.8) is 0 Å². The van der Waals surface area contributed by atoms with Crippen LogP contribution < -0.4 is 14.4 Å². The Balaban J connectivity index is 1.99. The van der Waals surface area contributed by atoms with Crippen molar-refractivity contribution in [3.8, 4) is 11.5 Å². The highest BCUT2D eigenvalue weighted by molar-refractivity contribution is 6.31. The van der Waals surface area contributed by atoms with Gasteiger partial charge in [-0.2, -0.15) is 0 Å². The molecule has 146 valence electrons. The Morgan fingerprint density at radius 1 is 1.21 bits per heavy atom. The van der Waals surface area contributed by atoms with E-state index in [1.165, 1.54) is 31.3 Å². The molecule has 1 aliphatic heterocycles. The smallest absolute Gasteiger partial charge is 0.264 e. The molecule has 6 nitrogen and oxygen atoms in total. The van der Waals surface area contributed by atoms with Gasteiger partial charge in [-0.15, -0.1) is 6.58 Å². The molecule has 0 saturated carbocycles. The Labute approximate surface area is 167 Å². The van der Waals surface area contributed by atoms with Crippen molar-refractivity contribution in [3.05, 3.63) is 65.2 Å². The third kappa shape index (κ3) is 3.25. The Bertz CT molecular complexity index is 958. The summed E-state index contributed by atoms with van der Waals surface area (Å²) in [5, 5.41) is 11.6. The molecule has 3 rings (SSSR count). The first kappa shape index (κ1) is 19.9. The number of fused-ring (bicyclic) bond motifs is 1. The lowest BCUT2D eigenvalue weighted by Crippen LogP contribution is -2.41. The second-order valence-electron chi connectivity index (χ2n) is 6.40. The largest absolute Gasteiger partial charge is 0.493 e. The molecule has 1 unspecified atom stereocenters. The fraction of sp³-hybridized carbons (Fsp3) is 0.238. The number of Topliss-reactive ketones (excluding diaryl/α,β-unsaturated/α-hetero) is 1. The van der Waals surface area contributed by atoms with Crippen molar-refractivity contribution < 1.29 is 24.2 Å². The molecule has 0 bridgehead atoms. The molecule has 2 aromatic rings. The highest BCUT2D eigenvalue weighted by Gasteiger charge is 2.50. The van der Waals surface area contributed by atoms with Gasteiger partial charge in [0.1, 0.15) is 0 Å². The van der Waals surface area contributed by atoms with Crippen LogP contribution in [0.3, 0.4) is 0 Å². The lowest BCUT2D eigenvalue weighted by molar-refractivity contribution is -0.135. The van der Waals surface area contributed by atoms with E-state index in [0.29, 0.717) is 33.3 Å². The average Bonchev–Trinajstić information content (AvgIpc) is 2.89. The molecular formula is C21H20ClNO5. The van der Waals surface area contributed by atoms with Crippen LogP contribution in [0.15, 0.2) is 49.1 Å². The zero-order valence-electron chi connectivity index (χ0n) is 15.6. The number of halogens is 1. The van der Waals surface area contributed by atoms with Crippen molar-refractivity contribution in [2.24, 2.45) is 0 Å². The monoisotopic (exact) mass is 401 g/mol. The maximum Gasteiger partial charge on any atom is 0.264 e. The van der Waals surface area contributed by atoms with Gasteiger partial charge in [0, 0.05) is 22.7 Å². The molecule has 1 aliphatic rings. The van der Waals surface area contributed by atoms with E-state index >= 15 is 0 Å². The van der Waals surface area contributed by atoms with Crippen LogP contribution >= 0.6 is 11.6 Å². The first-order valence-corrected chi connectivity index (χ1v) is 8.94. The summed E-state index contributed by atoms with van der Waals surface area (Å²) in [6, 6.07) is 9.47. The van der Waals surface area contributed by atoms with Crippen LogP contribution in [0, 0.1) is 0 Å². The number of aliphatic hydroxyl groups is 1. The van der Waals surface area contributed by atoms with Crippen molar-refractivity contribution in [1.82, 2.24) is 0 Å². The first-order chi connectivity index (χ1) is 13.3. The van der Waals surface area contributed by atoms with Crippen LogP contribution in [0.5, 0.6) is 11.5 Å². The van der Waals surface area contributed by atoms with E-state index in [-0.39, 0.29) is 6.54 Å². The number of carbonyl (C=O) groups is 2. The summed E-state index contributed by atoms with van der Waals surface area (Å²) in [6.07, 6.45) is 1.13. The number of ether oxygens (including phenoxy) is 2. The highest BCUT2D eigenvalue weighted by Crippen LogP contribution is 2.44. The van der Waals surface area contributed by atoms with Crippen molar-refractivity contribution >= 4 is 29.0 Å². The standard InChI is InChI=1S/C21H20ClNO5/c1-4-9-23-16-7-6-14(22)11-15(16)21(26,20(23)25)12-17(24)13-5-8-18(27-2)19(10-13)28-3/h4-8,10-11,26H,1,9,12H2,2-3H3. The Morgan fingerprint density at radius 3 is 2.57 bits per heavy atom. The van der Waals surface area contributed by atoms with Gasteiger partial charge < -0.3 is 19.5 Å². The van der Waals surface area contributed by atoms with Gasteiger partial charge in [0.25, 0.3) is 5.91 Å². The third-order valence-electron chi connectivity index (χ3n) is 4.73. The van der Waals surface area contributed by atoms with Crippen LogP contribution in [0.1, 0.15) is 22.3 Å². The summed E-state index contributed by atoms with van der Waals surface area (Å²) >= 11 is 6.07. The maximum atomic E-state index is 13.0. The van der Waals surface area contributed by atoms with Gasteiger partial charge in [-0.3, -0.25) is 9.59 Å². The molecule has 1 heterocycles. The summed E-state index contributed by atoms with van der Waals surface area (Å²) in [5.41, 5.74) is -0.893. The lowest BCUT2D eigenvalue weighted by atomic mass is 9.88. The molecule has 1 amide bonds. The molecule has 0 aromatic heterocycles. The molecule has 0 aliphatic carbocycles. The molecule has 2 aromatic carbocycles. The number of amides is 1. The highest BCUT2D eigenvalue weighted by atomic mass is 35.5. The van der Waals surface area contributed by atoms with Crippen LogP contribution in [-0.4, -0.2) is 37.6 Å². The van der Waals surface area contributed by atoms with Gasteiger partial charge >= 0.3 is 0 Å². The predicted octanol–water partition coefficient (Wildman–Crippen LogP) is 3.35. The minimum absolute atomic E-state index is 0.209. The molecule has 0 fully saturated rings. The summed E-state index contributed by atoms with van der Waals surface area (Å²) in [4.78, 5) is 27.3. The molecular weight excluding hydrogens is 382 g/mol. The molecule has 28 heavy (non-hydrogen) atoms. The molecule has 7 heteroatoms. The van der Waals surface area contributed by atoms with E-state index in [1.807, 2.05) is 0 Å². The number of methoxy groups -OCH3 is 2. The van der Waals surface area contributed by atoms with Gasteiger partial charge in [-0.1, -0.05) is 17.7 Å². The second kappa shape index (κ2) is 7.66. The van der Waals surface area contributed by atoms with E-state index in [4.69, 9.17) is 21.1 Å². The van der Waals surface area contributed by atoms with Gasteiger partial charge in [-0.25, -0.2) is 0 Å². The number of rotatable bonds is 7. The number of hydrogen-bond acceptors (Lipinski definition) is 5. The summed E-state index contributed by atoms with van der Waals surface area (Å²) < 4.78 is 10.4. The first-order valence-electron chi connectivity index (χ1n) is 8.56. The average molecular weight is 402 g/mol. The van der Waals surface area contributed by atoms with E-state index in [2.05, 4.69) is 6.58 Å². The van der Waals surface area contributed by atoms with Crippen LogP contribution in [0.2, 0.25) is 5.02 Å². The number of carbonyl (C=O) groups excluding carboxylic acids is 2. The van der Waals surface area contributed by atoms with Crippen LogP contribution in [0.4, 0.5) is 5.69 Å². The quantitative estimate of drug-likeness (QED) is 0.568.